The van der Waals surface area contributed by atoms with E-state index in [0.717, 1.165) is 33.8 Å². The van der Waals surface area contributed by atoms with Crippen molar-refractivity contribution in [3.63, 3.8) is 0 Å². The molecule has 1 unspecified atom stereocenters. The molecule has 0 radical (unpaired) electrons. The van der Waals surface area contributed by atoms with Gasteiger partial charge in [-0.25, -0.2) is 0 Å². The standard InChI is InChI=1S/C19H21N3O/c1-14-5-4-6-15(2)19(14)21-18(23)13-22(3)12-17-9-7-16(11-20)8-10-17/h4-10H,12-13H2,1-3H3,(H,21,23)/p+1. The van der Waals surface area contributed by atoms with Crippen molar-refractivity contribution < 1.29 is 9.69 Å². The molecule has 2 aromatic rings. The number of amides is 1. The van der Waals surface area contributed by atoms with E-state index in [-0.39, 0.29) is 5.91 Å². The van der Waals surface area contributed by atoms with Crippen molar-refractivity contribution in [2.45, 2.75) is 20.4 Å². The van der Waals surface area contributed by atoms with Gasteiger partial charge in [0.2, 0.25) is 0 Å². The van der Waals surface area contributed by atoms with Crippen molar-refractivity contribution in [1.29, 1.82) is 5.26 Å². The van der Waals surface area contributed by atoms with Gasteiger partial charge in [-0.15, -0.1) is 0 Å². The van der Waals surface area contributed by atoms with Crippen molar-refractivity contribution in [3.8, 4) is 6.07 Å². The lowest BCUT2D eigenvalue weighted by Crippen LogP contribution is -3.08. The second-order valence-corrected chi connectivity index (χ2v) is 5.93. The summed E-state index contributed by atoms with van der Waals surface area (Å²) in [4.78, 5) is 13.3. The molecule has 2 aromatic carbocycles. The largest absolute Gasteiger partial charge is 0.326 e. The Balaban J connectivity index is 1.93. The number of para-hydroxylation sites is 1. The average Bonchev–Trinajstić information content (AvgIpc) is 2.51. The number of quaternary nitrogens is 1. The summed E-state index contributed by atoms with van der Waals surface area (Å²) in [5.41, 5.74) is 4.82. The third-order valence-corrected chi connectivity index (χ3v) is 3.80. The number of carbonyl (C=O) groups excluding carboxylic acids is 1. The second kappa shape index (κ2) is 7.57. The molecule has 0 aliphatic carbocycles. The smallest absolute Gasteiger partial charge is 0.279 e. The van der Waals surface area contributed by atoms with Crippen molar-refractivity contribution in [1.82, 2.24) is 0 Å². The predicted molar refractivity (Wildman–Crippen MR) is 91.2 cm³/mol. The molecular formula is C19H22N3O+. The molecule has 0 saturated carbocycles. The van der Waals surface area contributed by atoms with Gasteiger partial charge in [-0.1, -0.05) is 30.3 Å². The molecular weight excluding hydrogens is 286 g/mol. The minimum atomic E-state index is 0.00791. The van der Waals surface area contributed by atoms with Gasteiger partial charge in [0.1, 0.15) is 6.54 Å². The summed E-state index contributed by atoms with van der Waals surface area (Å²) in [6.07, 6.45) is 0. The molecule has 1 atom stereocenters. The maximum atomic E-state index is 12.2. The molecule has 0 bridgehead atoms. The van der Waals surface area contributed by atoms with Crippen LogP contribution in [0, 0.1) is 25.2 Å². The number of hydrogen-bond acceptors (Lipinski definition) is 2. The summed E-state index contributed by atoms with van der Waals surface area (Å²) < 4.78 is 0. The highest BCUT2D eigenvalue weighted by molar-refractivity contribution is 5.93. The Morgan fingerprint density at radius 1 is 1.13 bits per heavy atom. The maximum Gasteiger partial charge on any atom is 0.279 e. The monoisotopic (exact) mass is 308 g/mol. The Morgan fingerprint density at radius 2 is 1.74 bits per heavy atom. The van der Waals surface area contributed by atoms with Gasteiger partial charge in [-0.05, 0) is 37.1 Å². The molecule has 4 heteroatoms. The third-order valence-electron chi connectivity index (χ3n) is 3.80. The third kappa shape index (κ3) is 4.67. The molecule has 0 fully saturated rings. The number of likely N-dealkylation sites (N-methyl/N-ethyl adjacent to an activating group) is 1. The number of carbonyl (C=O) groups is 1. The number of nitrogens with one attached hydrogen (secondary N) is 2. The zero-order valence-electron chi connectivity index (χ0n) is 13.8. The van der Waals surface area contributed by atoms with Gasteiger partial charge in [-0.3, -0.25) is 4.79 Å². The highest BCUT2D eigenvalue weighted by Gasteiger charge is 2.13. The van der Waals surface area contributed by atoms with Crippen LogP contribution >= 0.6 is 0 Å². The molecule has 23 heavy (non-hydrogen) atoms. The Kier molecular flexibility index (Phi) is 5.51. The molecule has 0 aromatic heterocycles. The van der Waals surface area contributed by atoms with Crippen LogP contribution in [-0.4, -0.2) is 19.5 Å². The highest BCUT2D eigenvalue weighted by atomic mass is 16.2. The van der Waals surface area contributed by atoms with Gasteiger partial charge >= 0.3 is 0 Å². The number of benzene rings is 2. The number of rotatable bonds is 5. The average molecular weight is 308 g/mol. The zero-order chi connectivity index (χ0) is 16.8. The van der Waals surface area contributed by atoms with E-state index in [2.05, 4.69) is 11.4 Å². The summed E-state index contributed by atoms with van der Waals surface area (Å²) in [5.74, 6) is 0.00791. The Bertz CT molecular complexity index is 709. The van der Waals surface area contributed by atoms with Crippen molar-refractivity contribution in [2.24, 2.45) is 0 Å². The van der Waals surface area contributed by atoms with Crippen molar-refractivity contribution in [2.75, 3.05) is 18.9 Å². The van der Waals surface area contributed by atoms with Crippen molar-refractivity contribution >= 4 is 11.6 Å². The number of nitriles is 1. The molecule has 0 saturated heterocycles. The van der Waals surface area contributed by atoms with Crippen LogP contribution in [0.3, 0.4) is 0 Å². The SMILES string of the molecule is Cc1cccc(C)c1NC(=O)C[NH+](C)Cc1ccc(C#N)cc1. The second-order valence-electron chi connectivity index (χ2n) is 5.93. The summed E-state index contributed by atoms with van der Waals surface area (Å²) in [6.45, 7) is 5.13. The lowest BCUT2D eigenvalue weighted by atomic mass is 10.1. The van der Waals surface area contributed by atoms with Crippen LogP contribution in [-0.2, 0) is 11.3 Å². The first-order chi connectivity index (χ1) is 11.0. The summed E-state index contributed by atoms with van der Waals surface area (Å²) >= 11 is 0. The quantitative estimate of drug-likeness (QED) is 0.885. The molecule has 2 N–H and O–H groups in total. The molecule has 0 aliphatic rings. The molecule has 118 valence electrons. The van der Waals surface area contributed by atoms with E-state index in [0.29, 0.717) is 12.1 Å². The Hall–Kier alpha value is -2.64. The topological polar surface area (TPSA) is 57.3 Å². The fraction of sp³-hybridized carbons (Fsp3) is 0.263. The maximum absolute atomic E-state index is 12.2. The van der Waals surface area contributed by atoms with Crippen LogP contribution in [0.1, 0.15) is 22.3 Å². The van der Waals surface area contributed by atoms with Crippen LogP contribution in [0.4, 0.5) is 5.69 Å². The van der Waals surface area contributed by atoms with Crippen LogP contribution in [0.5, 0.6) is 0 Å². The van der Waals surface area contributed by atoms with Gasteiger partial charge < -0.3 is 10.2 Å². The molecule has 1 amide bonds. The number of nitrogens with zero attached hydrogens (tertiary/aromatic N) is 1. The fourth-order valence-corrected chi connectivity index (χ4v) is 2.58. The first kappa shape index (κ1) is 16.7. The fourth-order valence-electron chi connectivity index (χ4n) is 2.58. The number of anilines is 1. The lowest BCUT2D eigenvalue weighted by Gasteiger charge is -2.16. The Labute approximate surface area is 137 Å². The summed E-state index contributed by atoms with van der Waals surface area (Å²) in [6, 6.07) is 15.6. The molecule has 0 aliphatic heterocycles. The molecule has 2 rings (SSSR count). The first-order valence-electron chi connectivity index (χ1n) is 7.66. The van der Waals surface area contributed by atoms with Gasteiger partial charge in [0.05, 0.1) is 18.7 Å². The minimum absolute atomic E-state index is 0.00791. The van der Waals surface area contributed by atoms with E-state index in [4.69, 9.17) is 5.26 Å². The van der Waals surface area contributed by atoms with Crippen LogP contribution in [0.25, 0.3) is 0 Å². The van der Waals surface area contributed by atoms with E-state index < -0.39 is 0 Å². The van der Waals surface area contributed by atoms with Crippen LogP contribution in [0.2, 0.25) is 0 Å². The zero-order valence-corrected chi connectivity index (χ0v) is 13.8. The van der Waals surface area contributed by atoms with Gasteiger partial charge in [0, 0.05) is 11.3 Å². The van der Waals surface area contributed by atoms with Gasteiger partial charge in [0.25, 0.3) is 5.91 Å². The van der Waals surface area contributed by atoms with Crippen LogP contribution < -0.4 is 10.2 Å². The van der Waals surface area contributed by atoms with Gasteiger partial charge in [-0.2, -0.15) is 5.26 Å². The summed E-state index contributed by atoms with van der Waals surface area (Å²) in [7, 11) is 1.99. The number of hydrogen-bond donors (Lipinski definition) is 2. The highest BCUT2D eigenvalue weighted by Crippen LogP contribution is 2.18. The van der Waals surface area contributed by atoms with Crippen molar-refractivity contribution in [3.05, 3.63) is 64.7 Å². The van der Waals surface area contributed by atoms with Crippen LogP contribution in [0.15, 0.2) is 42.5 Å². The number of aryl methyl sites for hydroxylation is 2. The van der Waals surface area contributed by atoms with Gasteiger partial charge in [0.15, 0.2) is 6.54 Å². The Morgan fingerprint density at radius 3 is 2.30 bits per heavy atom. The van der Waals surface area contributed by atoms with E-state index in [1.807, 2.05) is 51.2 Å². The minimum Gasteiger partial charge on any atom is -0.326 e. The predicted octanol–water partition coefficient (Wildman–Crippen LogP) is 1.83. The first-order valence-corrected chi connectivity index (χ1v) is 7.66. The molecule has 0 spiro atoms. The molecule has 0 heterocycles. The van der Waals surface area contributed by atoms with E-state index >= 15 is 0 Å². The normalized spacial score (nSPS) is 11.6. The molecule has 4 nitrogen and oxygen atoms in total. The lowest BCUT2D eigenvalue weighted by molar-refractivity contribution is -0.885. The van der Waals surface area contributed by atoms with E-state index in [1.165, 1.54) is 0 Å². The summed E-state index contributed by atoms with van der Waals surface area (Å²) in [5, 5.41) is 11.8. The van der Waals surface area contributed by atoms with E-state index in [9.17, 15) is 4.79 Å². The van der Waals surface area contributed by atoms with E-state index in [1.54, 1.807) is 12.1 Å².